The highest BCUT2D eigenvalue weighted by molar-refractivity contribution is 6.29. The molecule has 2 aromatic carbocycles. The summed E-state index contributed by atoms with van der Waals surface area (Å²) in [6.07, 6.45) is -0.0881. The topological polar surface area (TPSA) is 75.7 Å². The lowest BCUT2D eigenvalue weighted by Crippen LogP contribution is -2.59. The molecular formula is C29H21ClF3N4O3+. The molecule has 202 valence electrons. The zero-order chi connectivity index (χ0) is 28.3. The third-order valence-electron chi connectivity index (χ3n) is 6.19. The maximum atomic E-state index is 13.8. The van der Waals surface area contributed by atoms with Crippen molar-refractivity contribution in [2.75, 3.05) is 11.5 Å². The predicted molar refractivity (Wildman–Crippen MR) is 142 cm³/mol. The average Bonchev–Trinajstić information content (AvgIpc) is 2.94. The molecule has 0 fully saturated rings. The SMILES string of the molecule is O=C1C(c2cccc(-c3cccc(/C=N/OCC(F)(F)F)c3)c2)C(=O)[n+]2ccccc2N1Cc1ccc(Cl)nc1. The van der Waals surface area contributed by atoms with Crippen LogP contribution in [0.1, 0.15) is 27.4 Å². The van der Waals surface area contributed by atoms with Crippen molar-refractivity contribution in [3.8, 4) is 11.1 Å². The lowest BCUT2D eigenvalue weighted by Gasteiger charge is -2.26. The van der Waals surface area contributed by atoms with E-state index in [9.17, 15) is 22.8 Å². The Kier molecular flexibility index (Phi) is 7.61. The van der Waals surface area contributed by atoms with Gasteiger partial charge in [0.05, 0.1) is 12.4 Å². The number of halogens is 4. The van der Waals surface area contributed by atoms with E-state index in [0.717, 1.165) is 11.1 Å². The van der Waals surface area contributed by atoms with Gasteiger partial charge < -0.3 is 4.84 Å². The van der Waals surface area contributed by atoms with Crippen LogP contribution in [0.5, 0.6) is 0 Å². The summed E-state index contributed by atoms with van der Waals surface area (Å²) in [6.45, 7) is -1.30. The smallest absolute Gasteiger partial charge is 0.386 e. The monoisotopic (exact) mass is 565 g/mol. The first kappa shape index (κ1) is 27.0. The lowest BCUT2D eigenvalue weighted by atomic mass is 9.91. The van der Waals surface area contributed by atoms with Gasteiger partial charge in [-0.2, -0.15) is 22.6 Å². The van der Waals surface area contributed by atoms with Crippen LogP contribution in [0, 0.1) is 0 Å². The molecule has 7 nitrogen and oxygen atoms in total. The summed E-state index contributed by atoms with van der Waals surface area (Å²) in [4.78, 5) is 37.3. The summed E-state index contributed by atoms with van der Waals surface area (Å²) in [5.41, 5.74) is 3.19. The Morgan fingerprint density at radius 3 is 2.52 bits per heavy atom. The average molecular weight is 566 g/mol. The minimum absolute atomic E-state index is 0.189. The normalized spacial score (nSPS) is 15.4. The molecule has 1 aliphatic rings. The number of nitrogens with zero attached hydrogens (tertiary/aromatic N) is 4. The predicted octanol–water partition coefficient (Wildman–Crippen LogP) is 5.57. The van der Waals surface area contributed by atoms with Crippen LogP contribution in [0.25, 0.3) is 11.1 Å². The summed E-state index contributed by atoms with van der Waals surface area (Å²) in [5, 5.41) is 3.72. The number of anilines is 1. The van der Waals surface area contributed by atoms with E-state index in [2.05, 4.69) is 15.0 Å². The van der Waals surface area contributed by atoms with Gasteiger partial charge in [-0.3, -0.25) is 0 Å². The highest BCUT2D eigenvalue weighted by Crippen LogP contribution is 2.31. The van der Waals surface area contributed by atoms with Gasteiger partial charge in [-0.25, -0.2) is 14.6 Å². The molecule has 0 N–H and O–H groups in total. The molecule has 0 saturated heterocycles. The van der Waals surface area contributed by atoms with Crippen LogP contribution in [-0.2, 0) is 16.2 Å². The molecule has 0 saturated carbocycles. The number of carbonyl (C=O) groups is 2. The highest BCUT2D eigenvalue weighted by atomic mass is 35.5. The minimum Gasteiger partial charge on any atom is -0.386 e. The van der Waals surface area contributed by atoms with Crippen molar-refractivity contribution >= 4 is 35.4 Å². The Balaban J connectivity index is 1.45. The molecule has 1 unspecified atom stereocenters. The third-order valence-corrected chi connectivity index (χ3v) is 6.41. The Bertz CT molecular complexity index is 1590. The summed E-state index contributed by atoms with van der Waals surface area (Å²) < 4.78 is 38.3. The zero-order valence-corrected chi connectivity index (χ0v) is 21.5. The Labute approximate surface area is 232 Å². The number of pyridine rings is 2. The molecule has 3 heterocycles. The second-order valence-corrected chi connectivity index (χ2v) is 9.37. The van der Waals surface area contributed by atoms with E-state index >= 15 is 0 Å². The standard InChI is InChI=1S/C29H21ClF3N4O3/c30-24-11-10-20(15-34-24)17-37-25-9-1-2-12-36(25)27(38)26(28(37)39)23-8-4-7-22(14-23)21-6-3-5-19(13-21)16-35-40-18-29(31,32)33/h1-16,26H,17-18H2/q+1/b35-16+. The van der Waals surface area contributed by atoms with E-state index in [1.54, 1.807) is 90.1 Å². The Morgan fingerprint density at radius 1 is 1.00 bits per heavy atom. The molecule has 5 rings (SSSR count). The van der Waals surface area contributed by atoms with Crippen molar-refractivity contribution in [2.45, 2.75) is 18.6 Å². The molecule has 11 heteroatoms. The van der Waals surface area contributed by atoms with Crippen molar-refractivity contribution in [1.82, 2.24) is 4.98 Å². The van der Waals surface area contributed by atoms with E-state index in [1.165, 1.54) is 10.8 Å². The number of hydrogen-bond donors (Lipinski definition) is 0. The van der Waals surface area contributed by atoms with Gasteiger partial charge in [0.15, 0.2) is 5.92 Å². The summed E-state index contributed by atoms with van der Waals surface area (Å²) in [6, 6.07) is 22.5. The van der Waals surface area contributed by atoms with Crippen LogP contribution >= 0.6 is 11.6 Å². The molecule has 1 atom stereocenters. The molecule has 0 radical (unpaired) electrons. The summed E-state index contributed by atoms with van der Waals surface area (Å²) in [7, 11) is 0. The highest BCUT2D eigenvalue weighted by Gasteiger charge is 2.47. The molecule has 1 aliphatic heterocycles. The van der Waals surface area contributed by atoms with Gasteiger partial charge in [-0.05, 0) is 46.5 Å². The van der Waals surface area contributed by atoms with Gasteiger partial charge in [0, 0.05) is 17.8 Å². The maximum Gasteiger partial charge on any atom is 0.425 e. The van der Waals surface area contributed by atoms with E-state index in [0.29, 0.717) is 27.7 Å². The second-order valence-electron chi connectivity index (χ2n) is 8.99. The number of amides is 1. The maximum absolute atomic E-state index is 13.8. The van der Waals surface area contributed by atoms with Crippen molar-refractivity contribution < 1.29 is 32.2 Å². The van der Waals surface area contributed by atoms with Crippen LogP contribution in [-0.4, -0.2) is 35.8 Å². The number of aromatic nitrogens is 2. The summed E-state index contributed by atoms with van der Waals surface area (Å²) >= 11 is 5.91. The zero-order valence-electron chi connectivity index (χ0n) is 20.8. The number of benzene rings is 2. The molecule has 0 bridgehead atoms. The first-order chi connectivity index (χ1) is 19.2. The van der Waals surface area contributed by atoms with Crippen LogP contribution in [0.2, 0.25) is 5.15 Å². The van der Waals surface area contributed by atoms with Crippen molar-refractivity contribution in [1.29, 1.82) is 0 Å². The molecule has 0 spiro atoms. The molecule has 2 aromatic heterocycles. The number of rotatable bonds is 7. The molecular weight excluding hydrogens is 545 g/mol. The van der Waals surface area contributed by atoms with E-state index in [1.807, 2.05) is 6.07 Å². The fourth-order valence-corrected chi connectivity index (χ4v) is 4.50. The number of carbonyl (C=O) groups excluding carboxylic acids is 2. The van der Waals surface area contributed by atoms with Gasteiger partial charge >= 0.3 is 18.0 Å². The Hall–Kier alpha value is -4.57. The quantitative estimate of drug-likeness (QED) is 0.0965. The van der Waals surface area contributed by atoms with Gasteiger partial charge in [0.25, 0.3) is 5.82 Å². The number of alkyl halides is 3. The molecule has 1 amide bonds. The fourth-order valence-electron chi connectivity index (χ4n) is 4.39. The minimum atomic E-state index is -4.48. The van der Waals surface area contributed by atoms with Gasteiger partial charge in [-0.1, -0.05) is 65.3 Å². The fraction of sp³-hybridized carbons (Fsp3) is 0.138. The van der Waals surface area contributed by atoms with E-state index in [-0.39, 0.29) is 18.4 Å². The second kappa shape index (κ2) is 11.3. The summed E-state index contributed by atoms with van der Waals surface area (Å²) in [5.74, 6) is -1.42. The first-order valence-electron chi connectivity index (χ1n) is 12.1. The van der Waals surface area contributed by atoms with Gasteiger partial charge in [0.2, 0.25) is 6.61 Å². The largest absolute Gasteiger partial charge is 0.425 e. The van der Waals surface area contributed by atoms with E-state index < -0.39 is 18.7 Å². The first-order valence-corrected chi connectivity index (χ1v) is 12.5. The van der Waals surface area contributed by atoms with Crippen molar-refractivity contribution in [3.63, 3.8) is 0 Å². The number of fused-ring (bicyclic) bond motifs is 1. The van der Waals surface area contributed by atoms with Gasteiger partial charge in [0.1, 0.15) is 11.7 Å². The molecule has 40 heavy (non-hydrogen) atoms. The Morgan fingerprint density at radius 2 is 1.77 bits per heavy atom. The van der Waals surface area contributed by atoms with Crippen LogP contribution in [0.3, 0.4) is 0 Å². The van der Waals surface area contributed by atoms with Crippen LogP contribution in [0.15, 0.2) is 96.4 Å². The molecule has 0 aliphatic carbocycles. The van der Waals surface area contributed by atoms with Crippen LogP contribution < -0.4 is 9.47 Å². The van der Waals surface area contributed by atoms with Crippen LogP contribution in [0.4, 0.5) is 19.0 Å². The third kappa shape index (κ3) is 6.02. The van der Waals surface area contributed by atoms with Crippen molar-refractivity contribution in [3.05, 3.63) is 113 Å². The number of hydrogen-bond acceptors (Lipinski definition) is 5. The van der Waals surface area contributed by atoms with E-state index in [4.69, 9.17) is 11.6 Å². The van der Waals surface area contributed by atoms with Crippen molar-refractivity contribution in [2.24, 2.45) is 5.16 Å². The van der Waals surface area contributed by atoms with Gasteiger partial charge in [-0.15, -0.1) is 0 Å². The molecule has 4 aromatic rings. The number of oxime groups is 1. The lowest BCUT2D eigenvalue weighted by molar-refractivity contribution is -0.563.